The van der Waals surface area contributed by atoms with Crippen LogP contribution in [0, 0.1) is 10.1 Å². The van der Waals surface area contributed by atoms with Gasteiger partial charge >= 0.3 is 0 Å². The Morgan fingerprint density at radius 3 is 2.54 bits per heavy atom. The van der Waals surface area contributed by atoms with Crippen LogP contribution in [0.15, 0.2) is 60.8 Å². The number of benzene rings is 2. The van der Waals surface area contributed by atoms with Gasteiger partial charge in [0, 0.05) is 56.6 Å². The number of aromatic nitrogens is 1. The van der Waals surface area contributed by atoms with Gasteiger partial charge in [-0.2, -0.15) is 0 Å². The second-order valence-electron chi connectivity index (χ2n) is 8.04. The van der Waals surface area contributed by atoms with Gasteiger partial charge in [-0.05, 0) is 24.3 Å². The first kappa shape index (κ1) is 24.0. The first-order valence-corrected chi connectivity index (χ1v) is 11.2. The third-order valence-electron chi connectivity index (χ3n) is 5.94. The van der Waals surface area contributed by atoms with Crippen LogP contribution in [-0.4, -0.2) is 66.0 Å². The molecule has 1 aromatic heterocycles. The van der Waals surface area contributed by atoms with Gasteiger partial charge in [-0.15, -0.1) is 0 Å². The quantitative estimate of drug-likeness (QED) is 0.386. The summed E-state index contributed by atoms with van der Waals surface area (Å²) in [5.74, 6) is 1.61. The molecule has 2 aromatic carbocycles. The molecule has 1 aliphatic heterocycles. The third-order valence-corrected chi connectivity index (χ3v) is 5.94. The van der Waals surface area contributed by atoms with Crippen LogP contribution in [0.25, 0.3) is 0 Å². The average Bonchev–Trinajstić information content (AvgIpc) is 2.89. The minimum Gasteiger partial charge on any atom is -0.497 e. The minimum atomic E-state index is -0.418. The predicted octanol–water partition coefficient (Wildman–Crippen LogP) is 3.71. The maximum atomic E-state index is 13.1. The van der Waals surface area contributed by atoms with E-state index in [4.69, 9.17) is 9.47 Å². The highest BCUT2D eigenvalue weighted by Crippen LogP contribution is 2.29. The Morgan fingerprint density at radius 1 is 1.06 bits per heavy atom. The van der Waals surface area contributed by atoms with Crippen LogP contribution in [0.3, 0.4) is 0 Å². The van der Waals surface area contributed by atoms with E-state index in [1.165, 1.54) is 13.2 Å². The number of nitrogens with one attached hydrogen (secondary N) is 1. The zero-order valence-corrected chi connectivity index (χ0v) is 19.6. The van der Waals surface area contributed by atoms with Crippen molar-refractivity contribution in [3.63, 3.8) is 0 Å². The molecule has 4 rings (SSSR count). The van der Waals surface area contributed by atoms with E-state index >= 15 is 0 Å². The molecule has 1 amide bonds. The van der Waals surface area contributed by atoms with E-state index < -0.39 is 4.92 Å². The molecule has 2 heterocycles. The summed E-state index contributed by atoms with van der Waals surface area (Å²) in [6, 6.07) is 15.5. The fourth-order valence-corrected chi connectivity index (χ4v) is 4.04. The number of methoxy groups -OCH3 is 2. The molecule has 0 atom stereocenters. The van der Waals surface area contributed by atoms with Gasteiger partial charge in [-0.25, -0.2) is 4.98 Å². The van der Waals surface area contributed by atoms with Gasteiger partial charge in [0.1, 0.15) is 23.0 Å². The molecule has 0 aliphatic carbocycles. The highest BCUT2D eigenvalue weighted by Gasteiger charge is 2.25. The number of pyridine rings is 1. The fraction of sp³-hybridized carbons (Fsp3) is 0.280. The Balaban J connectivity index is 1.41. The van der Waals surface area contributed by atoms with Crippen molar-refractivity contribution >= 4 is 23.1 Å². The van der Waals surface area contributed by atoms with Crippen LogP contribution in [0.2, 0.25) is 0 Å². The van der Waals surface area contributed by atoms with Crippen molar-refractivity contribution in [3.8, 4) is 11.5 Å². The summed E-state index contributed by atoms with van der Waals surface area (Å²) in [7, 11) is 3.10. The van der Waals surface area contributed by atoms with Crippen LogP contribution in [0.5, 0.6) is 11.5 Å². The lowest BCUT2D eigenvalue weighted by Crippen LogP contribution is -2.48. The molecule has 0 unspecified atom stereocenters. The number of piperazine rings is 1. The van der Waals surface area contributed by atoms with E-state index in [1.807, 2.05) is 17.0 Å². The molecular formula is C25H27N5O5. The Hall–Kier alpha value is -4.18. The summed E-state index contributed by atoms with van der Waals surface area (Å²) in [5, 5.41) is 14.5. The van der Waals surface area contributed by atoms with E-state index in [2.05, 4.69) is 15.2 Å². The zero-order valence-electron chi connectivity index (χ0n) is 19.6. The van der Waals surface area contributed by atoms with Crippen LogP contribution in [-0.2, 0) is 6.54 Å². The lowest BCUT2D eigenvalue weighted by atomic mass is 10.1. The second kappa shape index (κ2) is 10.8. The predicted molar refractivity (Wildman–Crippen MR) is 131 cm³/mol. The molecule has 1 saturated heterocycles. The molecule has 35 heavy (non-hydrogen) atoms. The zero-order chi connectivity index (χ0) is 24.8. The molecule has 0 spiro atoms. The topological polar surface area (TPSA) is 110 Å². The van der Waals surface area contributed by atoms with E-state index in [0.29, 0.717) is 61.3 Å². The highest BCUT2D eigenvalue weighted by atomic mass is 16.6. The van der Waals surface area contributed by atoms with Crippen molar-refractivity contribution < 1.29 is 19.2 Å². The second-order valence-corrected chi connectivity index (χ2v) is 8.04. The largest absolute Gasteiger partial charge is 0.497 e. The molecule has 1 fully saturated rings. The molecule has 3 aromatic rings. The number of carbonyl (C=O) groups is 1. The number of carbonyl (C=O) groups excluding carboxylic acids is 1. The molecule has 10 heteroatoms. The summed E-state index contributed by atoms with van der Waals surface area (Å²) >= 11 is 0. The third kappa shape index (κ3) is 5.49. The number of para-hydroxylation sites is 2. The average molecular weight is 478 g/mol. The van der Waals surface area contributed by atoms with Gasteiger partial charge < -0.3 is 19.7 Å². The normalized spacial score (nSPS) is 13.8. The molecule has 0 radical (unpaired) electrons. The molecule has 10 nitrogen and oxygen atoms in total. The number of ether oxygens (including phenoxy) is 2. The van der Waals surface area contributed by atoms with Crippen LogP contribution in [0.1, 0.15) is 15.9 Å². The monoisotopic (exact) mass is 477 g/mol. The first-order chi connectivity index (χ1) is 17.0. The smallest absolute Gasteiger partial charge is 0.292 e. The van der Waals surface area contributed by atoms with Gasteiger partial charge in [0.2, 0.25) is 0 Å². The number of hydrogen-bond donors (Lipinski definition) is 1. The molecule has 1 N–H and O–H groups in total. The lowest BCUT2D eigenvalue weighted by Gasteiger charge is -2.35. The number of nitro groups is 1. The Kier molecular flexibility index (Phi) is 7.41. The molecule has 1 aliphatic rings. The number of nitro benzene ring substituents is 1. The van der Waals surface area contributed by atoms with Gasteiger partial charge in [0.05, 0.1) is 24.7 Å². The Morgan fingerprint density at radius 2 is 1.83 bits per heavy atom. The van der Waals surface area contributed by atoms with E-state index in [1.54, 1.807) is 49.7 Å². The van der Waals surface area contributed by atoms with Crippen molar-refractivity contribution in [1.82, 2.24) is 14.8 Å². The number of anilines is 2. The van der Waals surface area contributed by atoms with E-state index in [0.717, 1.165) is 5.56 Å². The van der Waals surface area contributed by atoms with E-state index in [-0.39, 0.29) is 11.6 Å². The first-order valence-electron chi connectivity index (χ1n) is 11.2. The molecule has 0 bridgehead atoms. The highest BCUT2D eigenvalue weighted by molar-refractivity contribution is 5.97. The van der Waals surface area contributed by atoms with Crippen molar-refractivity contribution in [2.45, 2.75) is 6.54 Å². The van der Waals surface area contributed by atoms with Crippen molar-refractivity contribution in [3.05, 3.63) is 82.0 Å². The summed E-state index contributed by atoms with van der Waals surface area (Å²) in [4.78, 5) is 32.5. The van der Waals surface area contributed by atoms with Gasteiger partial charge in [-0.1, -0.05) is 18.2 Å². The summed E-state index contributed by atoms with van der Waals surface area (Å²) in [6.07, 6.45) is 1.65. The number of nitrogens with zero attached hydrogens (tertiary/aromatic N) is 4. The van der Waals surface area contributed by atoms with Gasteiger partial charge in [0.25, 0.3) is 11.6 Å². The van der Waals surface area contributed by atoms with Gasteiger partial charge in [0.15, 0.2) is 0 Å². The number of amides is 1. The lowest BCUT2D eigenvalue weighted by molar-refractivity contribution is -0.383. The van der Waals surface area contributed by atoms with Crippen LogP contribution < -0.4 is 14.8 Å². The van der Waals surface area contributed by atoms with Crippen molar-refractivity contribution in [1.29, 1.82) is 0 Å². The molecule has 0 saturated carbocycles. The van der Waals surface area contributed by atoms with Gasteiger partial charge in [-0.3, -0.25) is 19.8 Å². The molecular weight excluding hydrogens is 450 g/mol. The number of rotatable bonds is 8. The maximum absolute atomic E-state index is 13.1. The standard InChI is InChI=1S/C25H27N5O5/c1-34-19-9-10-20(23(16-19)35-2)25(31)29-14-12-28(13-15-29)17-18-6-5-11-26-24(18)27-21-7-3-4-8-22(21)30(32)33/h3-11,16H,12-15,17H2,1-2H3,(H,26,27). The summed E-state index contributed by atoms with van der Waals surface area (Å²) in [6.45, 7) is 3.11. The maximum Gasteiger partial charge on any atom is 0.292 e. The van der Waals surface area contributed by atoms with E-state index in [9.17, 15) is 14.9 Å². The minimum absolute atomic E-state index is 0.00908. The fourth-order valence-electron chi connectivity index (χ4n) is 4.04. The van der Waals surface area contributed by atoms with Crippen molar-refractivity contribution in [2.24, 2.45) is 0 Å². The summed E-state index contributed by atoms with van der Waals surface area (Å²) < 4.78 is 10.6. The Bertz CT molecular complexity index is 1210. The summed E-state index contributed by atoms with van der Waals surface area (Å²) in [5.41, 5.74) is 1.80. The van der Waals surface area contributed by atoms with Crippen LogP contribution >= 0.6 is 0 Å². The van der Waals surface area contributed by atoms with Crippen LogP contribution in [0.4, 0.5) is 17.2 Å². The SMILES string of the molecule is COc1ccc(C(=O)N2CCN(Cc3cccnc3Nc3ccccc3[N+](=O)[O-])CC2)c(OC)c1. The van der Waals surface area contributed by atoms with Crippen molar-refractivity contribution in [2.75, 3.05) is 45.7 Å². The number of hydrogen-bond acceptors (Lipinski definition) is 8. The molecule has 182 valence electrons. The Labute approximate surface area is 203 Å².